The van der Waals surface area contributed by atoms with Gasteiger partial charge in [-0.25, -0.2) is 0 Å². The number of aryl methyl sites for hydroxylation is 1. The van der Waals surface area contributed by atoms with E-state index in [0.29, 0.717) is 36.9 Å². The Morgan fingerprint density at radius 3 is 2.45 bits per heavy atom. The molecule has 6 heteroatoms. The number of Topliss-reactive ketones (excluding diaryl/α,β-unsaturated/α-hetero) is 1. The molecule has 0 spiro atoms. The number of amides is 1. The summed E-state index contributed by atoms with van der Waals surface area (Å²) in [5.41, 5.74) is 2.41. The van der Waals surface area contributed by atoms with Gasteiger partial charge in [-0.05, 0) is 51.1 Å². The lowest BCUT2D eigenvalue weighted by molar-refractivity contribution is -0.140. The summed E-state index contributed by atoms with van der Waals surface area (Å²) < 4.78 is 5.92. The van der Waals surface area contributed by atoms with E-state index in [4.69, 9.17) is 4.74 Å². The SMILES string of the molecule is Cc1ccc(/C(O)=C2\C(=O)C(=O)N(CCN(C)C)C2c2cccc(OCCC(C)C)c2)cc1. The summed E-state index contributed by atoms with van der Waals surface area (Å²) in [5.74, 6) is -0.205. The Labute approximate surface area is 196 Å². The molecule has 1 unspecified atom stereocenters. The van der Waals surface area contributed by atoms with Crippen molar-refractivity contribution in [1.29, 1.82) is 0 Å². The highest BCUT2D eigenvalue weighted by Gasteiger charge is 2.46. The van der Waals surface area contributed by atoms with Gasteiger partial charge in [0.1, 0.15) is 11.5 Å². The fourth-order valence-electron chi connectivity index (χ4n) is 3.82. The second-order valence-corrected chi connectivity index (χ2v) is 9.27. The summed E-state index contributed by atoms with van der Waals surface area (Å²) >= 11 is 0. The molecule has 0 aromatic heterocycles. The number of hydrogen-bond donors (Lipinski definition) is 1. The van der Waals surface area contributed by atoms with Gasteiger partial charge in [-0.2, -0.15) is 0 Å². The lowest BCUT2D eigenvalue weighted by Gasteiger charge is -2.27. The molecule has 0 aliphatic carbocycles. The van der Waals surface area contributed by atoms with Crippen molar-refractivity contribution in [2.24, 2.45) is 5.92 Å². The quantitative estimate of drug-likeness (QED) is 0.348. The Bertz CT molecular complexity index is 1020. The van der Waals surface area contributed by atoms with Gasteiger partial charge in [-0.3, -0.25) is 9.59 Å². The highest BCUT2D eigenvalue weighted by Crippen LogP contribution is 2.40. The van der Waals surface area contributed by atoms with Crippen molar-refractivity contribution in [1.82, 2.24) is 9.80 Å². The number of ether oxygens (including phenoxy) is 1. The van der Waals surface area contributed by atoms with Crippen LogP contribution in [0.4, 0.5) is 0 Å². The van der Waals surface area contributed by atoms with Crippen molar-refractivity contribution >= 4 is 17.4 Å². The molecule has 1 heterocycles. The molecule has 2 aromatic rings. The Hall–Kier alpha value is -3.12. The van der Waals surface area contributed by atoms with Crippen molar-refractivity contribution in [2.75, 3.05) is 33.8 Å². The lowest BCUT2D eigenvalue weighted by Crippen LogP contribution is -2.35. The van der Waals surface area contributed by atoms with Gasteiger partial charge >= 0.3 is 0 Å². The molecule has 1 atom stereocenters. The third-order valence-corrected chi connectivity index (χ3v) is 5.79. The van der Waals surface area contributed by atoms with Gasteiger partial charge in [0.05, 0.1) is 18.2 Å². The summed E-state index contributed by atoms with van der Waals surface area (Å²) in [6, 6.07) is 14.1. The number of carbonyl (C=O) groups is 2. The third-order valence-electron chi connectivity index (χ3n) is 5.79. The zero-order valence-electron chi connectivity index (χ0n) is 20.2. The van der Waals surface area contributed by atoms with Gasteiger partial charge in [-0.15, -0.1) is 0 Å². The molecule has 3 rings (SSSR count). The first-order valence-corrected chi connectivity index (χ1v) is 11.4. The number of benzene rings is 2. The molecule has 1 amide bonds. The predicted octanol–water partition coefficient (Wildman–Crippen LogP) is 4.40. The van der Waals surface area contributed by atoms with E-state index >= 15 is 0 Å². The maximum absolute atomic E-state index is 13.1. The molecule has 0 radical (unpaired) electrons. The van der Waals surface area contributed by atoms with Crippen LogP contribution in [0.15, 0.2) is 54.1 Å². The first kappa shape index (κ1) is 24.5. The second-order valence-electron chi connectivity index (χ2n) is 9.27. The Morgan fingerprint density at radius 2 is 1.82 bits per heavy atom. The summed E-state index contributed by atoms with van der Waals surface area (Å²) in [7, 11) is 3.84. The molecule has 1 aliphatic heterocycles. The Balaban J connectivity index is 2.05. The van der Waals surface area contributed by atoms with Crippen molar-refractivity contribution in [3.05, 3.63) is 70.8 Å². The summed E-state index contributed by atoms with van der Waals surface area (Å²) in [4.78, 5) is 29.6. The van der Waals surface area contributed by atoms with Crippen LogP contribution in [0.1, 0.15) is 43.0 Å². The Kier molecular flexibility index (Phi) is 7.92. The number of aliphatic hydroxyl groups excluding tert-OH is 1. The molecule has 6 nitrogen and oxygen atoms in total. The predicted molar refractivity (Wildman–Crippen MR) is 130 cm³/mol. The van der Waals surface area contributed by atoms with Crippen LogP contribution in [0.3, 0.4) is 0 Å². The van der Waals surface area contributed by atoms with Crippen LogP contribution < -0.4 is 4.74 Å². The molecule has 33 heavy (non-hydrogen) atoms. The third kappa shape index (κ3) is 5.82. The Morgan fingerprint density at radius 1 is 1.12 bits per heavy atom. The molecule has 0 bridgehead atoms. The second kappa shape index (κ2) is 10.7. The molecule has 176 valence electrons. The number of nitrogens with zero attached hydrogens (tertiary/aromatic N) is 2. The van der Waals surface area contributed by atoms with Gasteiger partial charge in [0.15, 0.2) is 0 Å². The molecular weight excluding hydrogens is 416 g/mol. The molecule has 1 aliphatic rings. The minimum atomic E-state index is -0.681. The number of hydrogen-bond acceptors (Lipinski definition) is 5. The fourth-order valence-corrected chi connectivity index (χ4v) is 3.82. The average Bonchev–Trinajstić information content (AvgIpc) is 3.02. The molecule has 1 saturated heterocycles. The minimum absolute atomic E-state index is 0.113. The minimum Gasteiger partial charge on any atom is -0.507 e. The van der Waals surface area contributed by atoms with Crippen LogP contribution in [0, 0.1) is 12.8 Å². The van der Waals surface area contributed by atoms with E-state index in [0.717, 1.165) is 17.5 Å². The van der Waals surface area contributed by atoms with Crippen LogP contribution in [-0.4, -0.2) is 60.4 Å². The molecule has 1 fully saturated rings. The first-order chi connectivity index (χ1) is 15.7. The van der Waals surface area contributed by atoms with E-state index in [1.165, 1.54) is 0 Å². The smallest absolute Gasteiger partial charge is 0.295 e. The molecule has 0 saturated carbocycles. The van der Waals surface area contributed by atoms with E-state index in [2.05, 4.69) is 13.8 Å². The molecule has 1 N–H and O–H groups in total. The zero-order valence-corrected chi connectivity index (χ0v) is 20.2. The van der Waals surface area contributed by atoms with Crippen LogP contribution in [-0.2, 0) is 9.59 Å². The van der Waals surface area contributed by atoms with E-state index in [1.807, 2.05) is 62.3 Å². The lowest BCUT2D eigenvalue weighted by atomic mass is 9.95. The summed E-state index contributed by atoms with van der Waals surface area (Å²) in [6.07, 6.45) is 0.930. The number of ketones is 1. The largest absolute Gasteiger partial charge is 0.507 e. The topological polar surface area (TPSA) is 70.1 Å². The number of aliphatic hydroxyl groups is 1. The van der Waals surface area contributed by atoms with Crippen LogP contribution >= 0.6 is 0 Å². The number of likely N-dealkylation sites (N-methyl/N-ethyl adjacent to an activating group) is 1. The maximum Gasteiger partial charge on any atom is 0.295 e. The van der Waals surface area contributed by atoms with Gasteiger partial charge in [0.2, 0.25) is 0 Å². The van der Waals surface area contributed by atoms with Gasteiger partial charge in [0.25, 0.3) is 11.7 Å². The van der Waals surface area contributed by atoms with E-state index in [-0.39, 0.29) is 11.3 Å². The molecular formula is C27H34N2O4. The zero-order chi connectivity index (χ0) is 24.1. The first-order valence-electron chi connectivity index (χ1n) is 11.4. The maximum atomic E-state index is 13.1. The van der Waals surface area contributed by atoms with Crippen LogP contribution in [0.2, 0.25) is 0 Å². The van der Waals surface area contributed by atoms with Crippen LogP contribution in [0.25, 0.3) is 5.76 Å². The highest BCUT2D eigenvalue weighted by atomic mass is 16.5. The molecule has 2 aromatic carbocycles. The monoisotopic (exact) mass is 450 g/mol. The van der Waals surface area contributed by atoms with Crippen molar-refractivity contribution < 1.29 is 19.4 Å². The van der Waals surface area contributed by atoms with Crippen molar-refractivity contribution in [3.8, 4) is 5.75 Å². The standard InChI is InChI=1S/C27H34N2O4/c1-18(2)13-16-33-22-8-6-7-21(17-22)24-23(25(30)20-11-9-19(3)10-12-20)26(31)27(32)29(24)15-14-28(4)5/h6-12,17-18,24,30H,13-16H2,1-5H3/b25-23+. The summed E-state index contributed by atoms with van der Waals surface area (Å²) in [5, 5.41) is 11.1. The van der Waals surface area contributed by atoms with Gasteiger partial charge in [0, 0.05) is 18.7 Å². The highest BCUT2D eigenvalue weighted by molar-refractivity contribution is 6.46. The fraction of sp³-hybridized carbons (Fsp3) is 0.407. The van der Waals surface area contributed by atoms with Crippen molar-refractivity contribution in [3.63, 3.8) is 0 Å². The summed E-state index contributed by atoms with van der Waals surface area (Å²) in [6.45, 7) is 7.79. The van der Waals surface area contributed by atoms with E-state index < -0.39 is 17.7 Å². The van der Waals surface area contributed by atoms with Crippen LogP contribution in [0.5, 0.6) is 5.75 Å². The number of carbonyl (C=O) groups excluding carboxylic acids is 2. The van der Waals surface area contributed by atoms with Gasteiger partial charge in [-0.1, -0.05) is 55.8 Å². The van der Waals surface area contributed by atoms with E-state index in [1.54, 1.807) is 17.0 Å². The van der Waals surface area contributed by atoms with Gasteiger partial charge < -0.3 is 19.6 Å². The van der Waals surface area contributed by atoms with Crippen molar-refractivity contribution in [2.45, 2.75) is 33.2 Å². The number of rotatable bonds is 9. The normalized spacial score (nSPS) is 17.9. The van der Waals surface area contributed by atoms with E-state index in [9.17, 15) is 14.7 Å². The number of likely N-dealkylation sites (tertiary alicyclic amines) is 1. The average molecular weight is 451 g/mol.